The highest BCUT2D eigenvalue weighted by molar-refractivity contribution is 5.71. The number of hydrogen-bond donors (Lipinski definition) is 1. The third-order valence-corrected chi connectivity index (χ3v) is 4.47. The van der Waals surface area contributed by atoms with Gasteiger partial charge in [-0.05, 0) is 32.1 Å². The number of carboxylic acid groups (broad SMARTS) is 1. The second-order valence-electron chi connectivity index (χ2n) is 5.87. The summed E-state index contributed by atoms with van der Waals surface area (Å²) in [7, 11) is 1.61. The van der Waals surface area contributed by atoms with E-state index in [9.17, 15) is 9.90 Å². The van der Waals surface area contributed by atoms with Gasteiger partial charge in [0, 0.05) is 7.11 Å². The normalized spacial score (nSPS) is 29.3. The smallest absolute Gasteiger partial charge is 0.307 e. The van der Waals surface area contributed by atoms with Gasteiger partial charge in [-0.3, -0.25) is 4.79 Å². The predicted molar refractivity (Wildman–Crippen MR) is 71.2 cm³/mol. The zero-order chi connectivity index (χ0) is 14.9. The predicted octanol–water partition coefficient (Wildman–Crippen LogP) is 2.56. The molecule has 1 aromatic rings. The minimum atomic E-state index is -0.788. The summed E-state index contributed by atoms with van der Waals surface area (Å²) in [6.45, 7) is 5.93. The first-order valence-corrected chi connectivity index (χ1v) is 7.03. The minimum Gasteiger partial charge on any atom is -0.481 e. The van der Waals surface area contributed by atoms with Crippen LogP contribution in [0.1, 0.15) is 57.7 Å². The molecule has 1 aliphatic carbocycles. The third-order valence-electron chi connectivity index (χ3n) is 4.47. The van der Waals surface area contributed by atoms with E-state index < -0.39 is 17.5 Å². The van der Waals surface area contributed by atoms with Crippen molar-refractivity contribution in [1.29, 1.82) is 0 Å². The summed E-state index contributed by atoms with van der Waals surface area (Å²) in [6.07, 6.45) is 2.15. The van der Waals surface area contributed by atoms with Crippen molar-refractivity contribution in [2.75, 3.05) is 7.11 Å². The number of aliphatic carboxylic acids is 1. The Morgan fingerprint density at radius 3 is 2.80 bits per heavy atom. The lowest BCUT2D eigenvalue weighted by Gasteiger charge is -2.21. The van der Waals surface area contributed by atoms with Crippen LogP contribution in [0.2, 0.25) is 0 Å². The Morgan fingerprint density at radius 1 is 1.55 bits per heavy atom. The topological polar surface area (TPSA) is 85.5 Å². The summed E-state index contributed by atoms with van der Waals surface area (Å²) >= 11 is 0. The summed E-state index contributed by atoms with van der Waals surface area (Å²) < 4.78 is 10.8. The van der Waals surface area contributed by atoms with Crippen LogP contribution in [0, 0.1) is 11.8 Å². The Morgan fingerprint density at radius 2 is 2.25 bits per heavy atom. The van der Waals surface area contributed by atoms with Crippen LogP contribution in [-0.2, 0) is 15.1 Å². The number of rotatable bonds is 5. The highest BCUT2D eigenvalue weighted by Gasteiger charge is 2.42. The molecule has 0 amide bonds. The van der Waals surface area contributed by atoms with Crippen LogP contribution in [0.3, 0.4) is 0 Å². The Kier molecular flexibility index (Phi) is 4.13. The van der Waals surface area contributed by atoms with Crippen molar-refractivity contribution in [2.24, 2.45) is 11.8 Å². The average Bonchev–Trinajstić information content (AvgIpc) is 3.04. The Labute approximate surface area is 118 Å². The van der Waals surface area contributed by atoms with E-state index in [4.69, 9.17) is 9.26 Å². The number of ether oxygens (including phenoxy) is 1. The molecular formula is C14H22N2O4. The lowest BCUT2D eigenvalue weighted by molar-refractivity contribution is -0.142. The van der Waals surface area contributed by atoms with E-state index in [0.717, 1.165) is 6.42 Å². The zero-order valence-corrected chi connectivity index (χ0v) is 12.4. The van der Waals surface area contributed by atoms with Gasteiger partial charge in [-0.25, -0.2) is 0 Å². The van der Waals surface area contributed by atoms with Gasteiger partial charge in [-0.15, -0.1) is 0 Å². The molecule has 6 nitrogen and oxygen atoms in total. The molecule has 0 aromatic carbocycles. The SMILES string of the molecule is CCC(C)(OC)c1noc(C2CC(C)CC2C(=O)O)n1. The molecular weight excluding hydrogens is 260 g/mol. The van der Waals surface area contributed by atoms with Crippen LogP contribution in [0.25, 0.3) is 0 Å². The summed E-state index contributed by atoms with van der Waals surface area (Å²) in [5.41, 5.74) is -0.593. The molecule has 1 saturated carbocycles. The fourth-order valence-electron chi connectivity index (χ4n) is 2.83. The second-order valence-corrected chi connectivity index (χ2v) is 5.87. The number of nitrogens with zero attached hydrogens (tertiary/aromatic N) is 2. The highest BCUT2D eigenvalue weighted by Crippen LogP contribution is 2.43. The monoisotopic (exact) mass is 282 g/mol. The van der Waals surface area contributed by atoms with Gasteiger partial charge in [0.05, 0.1) is 11.8 Å². The van der Waals surface area contributed by atoms with Crippen LogP contribution >= 0.6 is 0 Å². The fourth-order valence-corrected chi connectivity index (χ4v) is 2.83. The van der Waals surface area contributed by atoms with Crippen molar-refractivity contribution >= 4 is 5.97 Å². The first-order chi connectivity index (χ1) is 9.41. The van der Waals surface area contributed by atoms with Gasteiger partial charge in [0.1, 0.15) is 5.60 Å². The van der Waals surface area contributed by atoms with Gasteiger partial charge >= 0.3 is 5.97 Å². The van der Waals surface area contributed by atoms with Crippen molar-refractivity contribution in [3.05, 3.63) is 11.7 Å². The average molecular weight is 282 g/mol. The molecule has 1 N–H and O–H groups in total. The Hall–Kier alpha value is -1.43. The third kappa shape index (κ3) is 2.57. The standard InChI is InChI=1S/C14H22N2O4/c1-5-14(3,19-4)13-15-11(20-16-13)9-6-8(2)7-10(9)12(17)18/h8-10H,5-7H2,1-4H3,(H,17,18). The maximum atomic E-state index is 11.3. The van der Waals surface area contributed by atoms with E-state index in [0.29, 0.717) is 30.5 Å². The van der Waals surface area contributed by atoms with Crippen LogP contribution < -0.4 is 0 Å². The number of carbonyl (C=O) groups is 1. The molecule has 4 unspecified atom stereocenters. The molecule has 0 bridgehead atoms. The van der Waals surface area contributed by atoms with E-state index in [2.05, 4.69) is 17.1 Å². The maximum Gasteiger partial charge on any atom is 0.307 e. The van der Waals surface area contributed by atoms with Crippen molar-refractivity contribution < 1.29 is 19.2 Å². The van der Waals surface area contributed by atoms with Crippen molar-refractivity contribution in [1.82, 2.24) is 10.1 Å². The van der Waals surface area contributed by atoms with Crippen LogP contribution in [0.15, 0.2) is 4.52 Å². The first-order valence-electron chi connectivity index (χ1n) is 7.03. The number of hydrogen-bond acceptors (Lipinski definition) is 5. The summed E-state index contributed by atoms with van der Waals surface area (Å²) in [6, 6.07) is 0. The molecule has 4 atom stereocenters. The molecule has 112 valence electrons. The molecule has 0 radical (unpaired) electrons. The van der Waals surface area contributed by atoms with Crippen molar-refractivity contribution in [3.63, 3.8) is 0 Å². The molecule has 0 saturated heterocycles. The lowest BCUT2D eigenvalue weighted by Crippen LogP contribution is -2.25. The summed E-state index contributed by atoms with van der Waals surface area (Å²) in [5.74, 6) is -0.148. The Bertz CT molecular complexity index is 481. The number of carboxylic acids is 1. The number of aromatic nitrogens is 2. The van der Waals surface area contributed by atoms with E-state index in [1.807, 2.05) is 13.8 Å². The van der Waals surface area contributed by atoms with Crippen LogP contribution in [-0.4, -0.2) is 28.3 Å². The summed E-state index contributed by atoms with van der Waals surface area (Å²) in [5, 5.41) is 13.3. The molecule has 1 aliphatic rings. The molecule has 1 fully saturated rings. The van der Waals surface area contributed by atoms with Gasteiger partial charge in [0.25, 0.3) is 0 Å². The highest BCUT2D eigenvalue weighted by atomic mass is 16.5. The molecule has 0 spiro atoms. The molecule has 1 aromatic heterocycles. The molecule has 2 rings (SSSR count). The Balaban J connectivity index is 2.26. The maximum absolute atomic E-state index is 11.3. The number of methoxy groups -OCH3 is 1. The zero-order valence-electron chi connectivity index (χ0n) is 12.4. The van der Waals surface area contributed by atoms with E-state index in [1.165, 1.54) is 0 Å². The van der Waals surface area contributed by atoms with Crippen molar-refractivity contribution in [3.8, 4) is 0 Å². The molecule has 6 heteroatoms. The van der Waals surface area contributed by atoms with E-state index in [1.54, 1.807) is 7.11 Å². The van der Waals surface area contributed by atoms with E-state index in [-0.39, 0.29) is 5.92 Å². The lowest BCUT2D eigenvalue weighted by atomic mass is 9.96. The van der Waals surface area contributed by atoms with Gasteiger partial charge < -0.3 is 14.4 Å². The van der Waals surface area contributed by atoms with Crippen LogP contribution in [0.4, 0.5) is 0 Å². The van der Waals surface area contributed by atoms with Crippen molar-refractivity contribution in [2.45, 2.75) is 51.6 Å². The first kappa shape index (κ1) is 15.0. The second kappa shape index (κ2) is 5.52. The molecule has 20 heavy (non-hydrogen) atoms. The fraction of sp³-hybridized carbons (Fsp3) is 0.786. The van der Waals surface area contributed by atoms with Gasteiger partial charge in [-0.2, -0.15) is 4.98 Å². The van der Waals surface area contributed by atoms with Gasteiger partial charge in [0.2, 0.25) is 11.7 Å². The quantitative estimate of drug-likeness (QED) is 0.893. The summed E-state index contributed by atoms with van der Waals surface area (Å²) in [4.78, 5) is 15.7. The van der Waals surface area contributed by atoms with Crippen LogP contribution in [0.5, 0.6) is 0 Å². The molecule has 0 aliphatic heterocycles. The largest absolute Gasteiger partial charge is 0.481 e. The van der Waals surface area contributed by atoms with E-state index >= 15 is 0 Å². The minimum absolute atomic E-state index is 0.193. The van der Waals surface area contributed by atoms with Gasteiger partial charge in [-0.1, -0.05) is 19.0 Å². The van der Waals surface area contributed by atoms with Gasteiger partial charge in [0.15, 0.2) is 0 Å². The molecule has 1 heterocycles.